The fourth-order valence-corrected chi connectivity index (χ4v) is 3.05. The lowest BCUT2D eigenvalue weighted by atomic mass is 9.96. The first-order chi connectivity index (χ1) is 10.4. The van der Waals surface area contributed by atoms with E-state index in [1.165, 1.54) is 16.7 Å². The summed E-state index contributed by atoms with van der Waals surface area (Å²) in [6.45, 7) is 8.37. The molecule has 2 aromatic rings. The van der Waals surface area contributed by atoms with Crippen molar-refractivity contribution in [1.29, 1.82) is 0 Å². The molecule has 118 valence electrons. The number of esters is 1. The fraction of sp³-hybridized carbons (Fsp3) is 0.444. The summed E-state index contributed by atoms with van der Waals surface area (Å²) in [6, 6.07) is 2.10. The van der Waals surface area contributed by atoms with Crippen molar-refractivity contribution in [3.8, 4) is 0 Å². The van der Waals surface area contributed by atoms with Gasteiger partial charge in [-0.15, -0.1) is 0 Å². The molecule has 4 nitrogen and oxygen atoms in total. The summed E-state index contributed by atoms with van der Waals surface area (Å²) in [4.78, 5) is 23.2. The number of fused-ring (bicyclic) bond motifs is 1. The molecule has 0 atom stereocenters. The highest BCUT2D eigenvalue weighted by Crippen LogP contribution is 2.33. The highest BCUT2D eigenvalue weighted by Gasteiger charge is 2.23. The van der Waals surface area contributed by atoms with Crippen molar-refractivity contribution < 1.29 is 14.3 Å². The van der Waals surface area contributed by atoms with Crippen molar-refractivity contribution in [3.05, 3.63) is 34.0 Å². The molecule has 0 bridgehead atoms. The van der Waals surface area contributed by atoms with E-state index in [9.17, 15) is 9.59 Å². The van der Waals surface area contributed by atoms with E-state index >= 15 is 0 Å². The van der Waals surface area contributed by atoms with Gasteiger partial charge in [-0.1, -0.05) is 0 Å². The van der Waals surface area contributed by atoms with Crippen LogP contribution in [-0.2, 0) is 23.0 Å². The second-order valence-corrected chi connectivity index (χ2v) is 5.65. The number of rotatable bonds is 5. The monoisotopic (exact) mass is 301 g/mol. The second-order valence-electron chi connectivity index (χ2n) is 5.65. The van der Waals surface area contributed by atoms with E-state index in [-0.39, 0.29) is 5.97 Å². The zero-order chi connectivity index (χ0) is 16.4. The molecule has 0 unspecified atom stereocenters. The predicted molar refractivity (Wildman–Crippen MR) is 87.5 cm³/mol. The normalized spacial score (nSPS) is 11.0. The molecule has 22 heavy (non-hydrogen) atoms. The van der Waals surface area contributed by atoms with Crippen LogP contribution in [0, 0.1) is 20.8 Å². The SMILES string of the molecule is CCOC(=O)c1c(CCC=O)c2c(C)c(C)c(C)cc2n1C. The average Bonchev–Trinajstić information content (AvgIpc) is 2.75. The predicted octanol–water partition coefficient (Wildman–Crippen LogP) is 3.41. The summed E-state index contributed by atoms with van der Waals surface area (Å²) in [5, 5.41) is 1.08. The number of benzene rings is 1. The van der Waals surface area contributed by atoms with Gasteiger partial charge in [0.15, 0.2) is 0 Å². The van der Waals surface area contributed by atoms with Crippen LogP contribution in [0.15, 0.2) is 6.07 Å². The molecule has 2 rings (SSSR count). The number of hydrogen-bond donors (Lipinski definition) is 0. The van der Waals surface area contributed by atoms with E-state index in [4.69, 9.17) is 4.74 Å². The van der Waals surface area contributed by atoms with Gasteiger partial charge in [0.2, 0.25) is 0 Å². The quantitative estimate of drug-likeness (QED) is 0.628. The maximum atomic E-state index is 12.4. The van der Waals surface area contributed by atoms with Crippen LogP contribution in [0.2, 0.25) is 0 Å². The molecular weight excluding hydrogens is 278 g/mol. The van der Waals surface area contributed by atoms with Gasteiger partial charge in [-0.05, 0) is 62.4 Å². The first kappa shape index (κ1) is 16.3. The van der Waals surface area contributed by atoms with Gasteiger partial charge in [-0.25, -0.2) is 4.79 Å². The third-order valence-corrected chi connectivity index (χ3v) is 4.40. The van der Waals surface area contributed by atoms with Gasteiger partial charge < -0.3 is 14.1 Å². The number of aldehydes is 1. The summed E-state index contributed by atoms with van der Waals surface area (Å²) in [5.41, 5.74) is 6.09. The van der Waals surface area contributed by atoms with Crippen LogP contribution in [0.5, 0.6) is 0 Å². The summed E-state index contributed by atoms with van der Waals surface area (Å²) in [5.74, 6) is -0.322. The minimum atomic E-state index is -0.322. The lowest BCUT2D eigenvalue weighted by Gasteiger charge is -2.08. The van der Waals surface area contributed by atoms with Crippen molar-refractivity contribution in [2.45, 2.75) is 40.5 Å². The largest absolute Gasteiger partial charge is 0.461 e. The van der Waals surface area contributed by atoms with Gasteiger partial charge in [0.1, 0.15) is 12.0 Å². The first-order valence-corrected chi connectivity index (χ1v) is 7.62. The summed E-state index contributed by atoms with van der Waals surface area (Å²) in [6.07, 6.45) is 1.85. The van der Waals surface area contributed by atoms with E-state index < -0.39 is 0 Å². The average molecular weight is 301 g/mol. The Morgan fingerprint density at radius 2 is 1.95 bits per heavy atom. The molecule has 1 aromatic carbocycles. The molecule has 0 aliphatic carbocycles. The maximum Gasteiger partial charge on any atom is 0.355 e. The molecule has 0 amide bonds. The number of hydrogen-bond acceptors (Lipinski definition) is 3. The molecule has 0 saturated heterocycles. The van der Waals surface area contributed by atoms with Gasteiger partial charge in [0.25, 0.3) is 0 Å². The van der Waals surface area contributed by atoms with Gasteiger partial charge in [-0.2, -0.15) is 0 Å². The molecule has 0 spiro atoms. The number of carbonyl (C=O) groups is 2. The van der Waals surface area contributed by atoms with Gasteiger partial charge in [0.05, 0.1) is 6.61 Å². The van der Waals surface area contributed by atoms with Crippen molar-refractivity contribution in [3.63, 3.8) is 0 Å². The maximum absolute atomic E-state index is 12.4. The van der Waals surface area contributed by atoms with E-state index in [1.807, 2.05) is 11.6 Å². The van der Waals surface area contributed by atoms with Crippen molar-refractivity contribution in [2.24, 2.45) is 7.05 Å². The lowest BCUT2D eigenvalue weighted by Crippen LogP contribution is -2.12. The van der Waals surface area contributed by atoms with Crippen LogP contribution in [0.25, 0.3) is 10.9 Å². The summed E-state index contributed by atoms with van der Waals surface area (Å²) in [7, 11) is 1.88. The standard InChI is InChI=1S/C18H23NO3/c1-6-22-18(21)17-14(8-7-9-20)16-13(4)12(3)11(2)10-15(16)19(17)5/h9-10H,6-8H2,1-5H3. The molecular formula is C18H23NO3. The van der Waals surface area contributed by atoms with Crippen LogP contribution in [0.4, 0.5) is 0 Å². The molecule has 0 saturated carbocycles. The van der Waals surface area contributed by atoms with Crippen molar-refractivity contribution in [1.82, 2.24) is 4.57 Å². The number of ether oxygens (including phenoxy) is 1. The number of aryl methyl sites for hydroxylation is 4. The Labute approximate surface area is 131 Å². The number of carbonyl (C=O) groups excluding carboxylic acids is 2. The van der Waals surface area contributed by atoms with Crippen molar-refractivity contribution in [2.75, 3.05) is 6.61 Å². The third-order valence-electron chi connectivity index (χ3n) is 4.40. The molecule has 0 fully saturated rings. The Morgan fingerprint density at radius 1 is 1.27 bits per heavy atom. The fourth-order valence-electron chi connectivity index (χ4n) is 3.05. The van der Waals surface area contributed by atoms with E-state index in [2.05, 4.69) is 26.8 Å². The Bertz CT molecular complexity index is 741. The van der Waals surface area contributed by atoms with E-state index in [0.29, 0.717) is 25.1 Å². The molecule has 0 aliphatic heterocycles. The minimum absolute atomic E-state index is 0.322. The molecule has 0 N–H and O–H groups in total. The van der Waals surface area contributed by atoms with E-state index in [1.54, 1.807) is 6.92 Å². The summed E-state index contributed by atoms with van der Waals surface area (Å²) < 4.78 is 7.11. The molecule has 4 heteroatoms. The number of nitrogens with zero attached hydrogens (tertiary/aromatic N) is 1. The van der Waals surface area contributed by atoms with E-state index in [0.717, 1.165) is 22.8 Å². The summed E-state index contributed by atoms with van der Waals surface area (Å²) >= 11 is 0. The Balaban J connectivity index is 2.82. The number of aromatic nitrogens is 1. The first-order valence-electron chi connectivity index (χ1n) is 7.62. The molecule has 0 aliphatic rings. The Hall–Kier alpha value is -2.10. The van der Waals surface area contributed by atoms with Crippen LogP contribution < -0.4 is 0 Å². The van der Waals surface area contributed by atoms with Crippen molar-refractivity contribution >= 4 is 23.2 Å². The van der Waals surface area contributed by atoms with Gasteiger partial charge in [0, 0.05) is 24.4 Å². The highest BCUT2D eigenvalue weighted by molar-refractivity contribution is 6.01. The van der Waals surface area contributed by atoms with Gasteiger partial charge in [-0.3, -0.25) is 0 Å². The molecule has 1 aromatic heterocycles. The van der Waals surface area contributed by atoms with Gasteiger partial charge >= 0.3 is 5.97 Å². The zero-order valence-electron chi connectivity index (χ0n) is 13.9. The Kier molecular flexibility index (Phi) is 4.69. The lowest BCUT2D eigenvalue weighted by molar-refractivity contribution is -0.107. The molecule has 0 radical (unpaired) electrons. The van der Waals surface area contributed by atoms with Crippen LogP contribution in [-0.4, -0.2) is 23.4 Å². The zero-order valence-corrected chi connectivity index (χ0v) is 13.9. The van der Waals surface area contributed by atoms with Crippen LogP contribution >= 0.6 is 0 Å². The Morgan fingerprint density at radius 3 is 2.55 bits per heavy atom. The second kappa shape index (κ2) is 6.34. The smallest absolute Gasteiger partial charge is 0.355 e. The topological polar surface area (TPSA) is 48.3 Å². The highest BCUT2D eigenvalue weighted by atomic mass is 16.5. The minimum Gasteiger partial charge on any atom is -0.461 e. The van der Waals surface area contributed by atoms with Crippen LogP contribution in [0.1, 0.15) is 46.1 Å². The molecule has 1 heterocycles. The third kappa shape index (κ3) is 2.54. The van der Waals surface area contributed by atoms with Crippen LogP contribution in [0.3, 0.4) is 0 Å².